The molecule has 178 valence electrons. The van der Waals surface area contributed by atoms with Gasteiger partial charge in [-0.2, -0.15) is 13.2 Å². The third kappa shape index (κ3) is 4.49. The Morgan fingerprint density at radius 1 is 0.971 bits per heavy atom. The maximum absolute atomic E-state index is 13.4. The molecule has 2 amide bonds. The molecular formula is C26H21F3N4O2. The summed E-state index contributed by atoms with van der Waals surface area (Å²) < 4.78 is 40.8. The SMILES string of the molecule is O=C(C[C@@H]1C(=O)N(CCc2ccccc2)c2nc3ccccc3n21)Nc1cccc(C(F)(F)F)c1. The van der Waals surface area contributed by atoms with Crippen LogP contribution in [0.4, 0.5) is 24.8 Å². The number of nitrogens with one attached hydrogen (secondary N) is 1. The van der Waals surface area contributed by atoms with E-state index in [9.17, 15) is 22.8 Å². The van der Waals surface area contributed by atoms with Crippen LogP contribution in [0.5, 0.6) is 0 Å². The molecule has 0 fully saturated rings. The van der Waals surface area contributed by atoms with Crippen molar-refractivity contribution in [3.63, 3.8) is 0 Å². The number of amides is 2. The Balaban J connectivity index is 1.40. The molecule has 1 N–H and O–H groups in total. The zero-order chi connectivity index (χ0) is 24.6. The molecule has 9 heteroatoms. The Morgan fingerprint density at radius 3 is 2.49 bits per heavy atom. The number of fused-ring (bicyclic) bond motifs is 3. The zero-order valence-electron chi connectivity index (χ0n) is 18.5. The molecule has 0 radical (unpaired) electrons. The highest BCUT2D eigenvalue weighted by atomic mass is 19.4. The quantitative estimate of drug-likeness (QED) is 0.414. The van der Waals surface area contributed by atoms with Gasteiger partial charge in [0.1, 0.15) is 6.04 Å². The minimum Gasteiger partial charge on any atom is -0.326 e. The highest BCUT2D eigenvalue weighted by Crippen LogP contribution is 2.37. The topological polar surface area (TPSA) is 67.2 Å². The first-order valence-electron chi connectivity index (χ1n) is 11.1. The maximum Gasteiger partial charge on any atom is 0.416 e. The van der Waals surface area contributed by atoms with E-state index in [1.165, 1.54) is 12.1 Å². The van der Waals surface area contributed by atoms with Crippen LogP contribution in [-0.4, -0.2) is 27.9 Å². The van der Waals surface area contributed by atoms with Gasteiger partial charge in [-0.3, -0.25) is 19.1 Å². The monoisotopic (exact) mass is 478 g/mol. The van der Waals surface area contributed by atoms with Crippen LogP contribution in [0.3, 0.4) is 0 Å². The molecule has 1 aliphatic rings. The van der Waals surface area contributed by atoms with E-state index in [4.69, 9.17) is 0 Å². The molecule has 1 aromatic heterocycles. The molecule has 0 spiro atoms. The van der Waals surface area contributed by atoms with Gasteiger partial charge in [-0.1, -0.05) is 48.5 Å². The normalized spacial score (nSPS) is 15.5. The smallest absolute Gasteiger partial charge is 0.326 e. The third-order valence-corrected chi connectivity index (χ3v) is 6.00. The molecule has 1 aliphatic heterocycles. The van der Waals surface area contributed by atoms with Crippen LogP contribution in [0.2, 0.25) is 0 Å². The molecule has 4 aromatic rings. The summed E-state index contributed by atoms with van der Waals surface area (Å²) in [5.74, 6) is -0.367. The maximum atomic E-state index is 13.4. The molecule has 3 aromatic carbocycles. The number of rotatable bonds is 6. The second kappa shape index (κ2) is 8.90. The number of nitrogens with zero attached hydrogens (tertiary/aromatic N) is 3. The second-order valence-corrected chi connectivity index (χ2v) is 8.34. The Morgan fingerprint density at radius 2 is 1.71 bits per heavy atom. The molecular weight excluding hydrogens is 457 g/mol. The van der Waals surface area contributed by atoms with E-state index in [1.807, 2.05) is 54.6 Å². The van der Waals surface area contributed by atoms with E-state index in [2.05, 4.69) is 10.3 Å². The van der Waals surface area contributed by atoms with Crippen molar-refractivity contribution < 1.29 is 22.8 Å². The summed E-state index contributed by atoms with van der Waals surface area (Å²) in [5, 5.41) is 2.50. The van der Waals surface area contributed by atoms with Crippen LogP contribution in [0.25, 0.3) is 11.0 Å². The number of benzene rings is 3. The summed E-state index contributed by atoms with van der Waals surface area (Å²) in [6.45, 7) is 0.387. The Labute approximate surface area is 199 Å². The lowest BCUT2D eigenvalue weighted by Crippen LogP contribution is -2.33. The molecule has 35 heavy (non-hydrogen) atoms. The van der Waals surface area contributed by atoms with Gasteiger partial charge in [0.15, 0.2) is 0 Å². The van der Waals surface area contributed by atoms with Crippen LogP contribution >= 0.6 is 0 Å². The van der Waals surface area contributed by atoms with Gasteiger partial charge in [0.05, 0.1) is 23.0 Å². The minimum absolute atomic E-state index is 0.0203. The molecule has 0 bridgehead atoms. The standard InChI is InChI=1S/C26H21F3N4O2/c27-26(28,29)18-9-6-10-19(15-18)30-23(34)16-22-24(35)32(14-13-17-7-2-1-3-8-17)25-31-20-11-4-5-12-21(20)33(22)25/h1-12,15,22H,13-14,16H2,(H,30,34)/t22-/m1/s1. The molecule has 2 heterocycles. The average Bonchev–Trinajstić information content (AvgIpc) is 3.32. The number of carbonyl (C=O) groups is 2. The number of aromatic nitrogens is 2. The fourth-order valence-electron chi connectivity index (χ4n) is 4.35. The Bertz CT molecular complexity index is 1400. The van der Waals surface area contributed by atoms with E-state index >= 15 is 0 Å². The lowest BCUT2D eigenvalue weighted by molar-refractivity contribution is -0.137. The molecule has 0 unspecified atom stereocenters. The molecule has 0 saturated carbocycles. The second-order valence-electron chi connectivity index (χ2n) is 8.34. The van der Waals surface area contributed by atoms with E-state index in [-0.39, 0.29) is 18.0 Å². The number of imidazole rings is 1. The molecule has 0 aliphatic carbocycles. The van der Waals surface area contributed by atoms with E-state index in [0.717, 1.165) is 23.2 Å². The first-order chi connectivity index (χ1) is 16.8. The molecule has 1 atom stereocenters. The number of carbonyl (C=O) groups excluding carboxylic acids is 2. The summed E-state index contributed by atoms with van der Waals surface area (Å²) in [5.41, 5.74) is 1.64. The van der Waals surface area contributed by atoms with Crippen LogP contribution < -0.4 is 10.2 Å². The largest absolute Gasteiger partial charge is 0.416 e. The number of halogens is 3. The van der Waals surface area contributed by atoms with Crippen molar-refractivity contribution in [2.75, 3.05) is 16.8 Å². The summed E-state index contributed by atoms with van der Waals surface area (Å²) in [6, 6.07) is 20.6. The zero-order valence-corrected chi connectivity index (χ0v) is 18.5. The van der Waals surface area contributed by atoms with Crippen LogP contribution in [-0.2, 0) is 22.2 Å². The lowest BCUT2D eigenvalue weighted by Gasteiger charge is -2.16. The molecule has 6 nitrogen and oxygen atoms in total. The molecule has 5 rings (SSSR count). The van der Waals surface area contributed by atoms with E-state index in [1.54, 1.807) is 9.47 Å². The van der Waals surface area contributed by atoms with Gasteiger partial charge < -0.3 is 5.32 Å². The van der Waals surface area contributed by atoms with Gasteiger partial charge in [-0.25, -0.2) is 4.98 Å². The highest BCUT2D eigenvalue weighted by Gasteiger charge is 2.40. The fourth-order valence-corrected chi connectivity index (χ4v) is 4.35. The van der Waals surface area contributed by atoms with Crippen molar-refractivity contribution in [2.45, 2.75) is 25.1 Å². The third-order valence-electron chi connectivity index (χ3n) is 6.00. The summed E-state index contributed by atoms with van der Waals surface area (Å²) >= 11 is 0. The van der Waals surface area contributed by atoms with Gasteiger partial charge in [0.25, 0.3) is 5.91 Å². The predicted molar refractivity (Wildman–Crippen MR) is 126 cm³/mol. The molecule has 0 saturated heterocycles. The number of anilines is 2. The fraction of sp³-hybridized carbons (Fsp3) is 0.192. The predicted octanol–water partition coefficient (Wildman–Crippen LogP) is 5.21. The number of alkyl halides is 3. The number of hydrogen-bond donors (Lipinski definition) is 1. The highest BCUT2D eigenvalue weighted by molar-refractivity contribution is 6.05. The van der Waals surface area contributed by atoms with E-state index < -0.39 is 23.7 Å². The van der Waals surface area contributed by atoms with E-state index in [0.29, 0.717) is 24.4 Å². The Hall–Kier alpha value is -4.14. The van der Waals surface area contributed by atoms with Crippen LogP contribution in [0.15, 0.2) is 78.9 Å². The first kappa shape index (κ1) is 22.6. The van der Waals surface area contributed by atoms with Crippen LogP contribution in [0.1, 0.15) is 23.6 Å². The average molecular weight is 478 g/mol. The van der Waals surface area contributed by atoms with Crippen molar-refractivity contribution in [3.8, 4) is 0 Å². The van der Waals surface area contributed by atoms with Gasteiger partial charge in [-0.15, -0.1) is 0 Å². The van der Waals surface area contributed by atoms with Gasteiger partial charge in [-0.05, 0) is 42.3 Å². The summed E-state index contributed by atoms with van der Waals surface area (Å²) in [4.78, 5) is 32.4. The van der Waals surface area contributed by atoms with Gasteiger partial charge >= 0.3 is 6.18 Å². The Kier molecular flexibility index (Phi) is 5.76. The van der Waals surface area contributed by atoms with Crippen molar-refractivity contribution in [1.82, 2.24) is 9.55 Å². The summed E-state index contributed by atoms with van der Waals surface area (Å²) in [6.07, 6.45) is -4.14. The van der Waals surface area contributed by atoms with Crippen molar-refractivity contribution in [3.05, 3.63) is 90.0 Å². The van der Waals surface area contributed by atoms with Crippen molar-refractivity contribution in [1.29, 1.82) is 0 Å². The number of para-hydroxylation sites is 2. The number of hydrogen-bond acceptors (Lipinski definition) is 3. The van der Waals surface area contributed by atoms with Crippen LogP contribution in [0, 0.1) is 0 Å². The van der Waals surface area contributed by atoms with Gasteiger partial charge in [0.2, 0.25) is 11.9 Å². The lowest BCUT2D eigenvalue weighted by atomic mass is 10.1. The van der Waals surface area contributed by atoms with Gasteiger partial charge in [0, 0.05) is 12.2 Å². The minimum atomic E-state index is -4.52. The first-order valence-corrected chi connectivity index (χ1v) is 11.1. The summed E-state index contributed by atoms with van der Waals surface area (Å²) in [7, 11) is 0. The van der Waals surface area contributed by atoms with Crippen molar-refractivity contribution >= 4 is 34.5 Å². The van der Waals surface area contributed by atoms with Crippen molar-refractivity contribution in [2.24, 2.45) is 0 Å².